The topological polar surface area (TPSA) is 20.3 Å². The van der Waals surface area contributed by atoms with Gasteiger partial charge in [-0.05, 0) is 45.2 Å². The van der Waals surface area contributed by atoms with Gasteiger partial charge in [-0.2, -0.15) is 0 Å². The van der Waals surface area contributed by atoms with Crippen LogP contribution in [0.2, 0.25) is 0 Å². The third-order valence-corrected chi connectivity index (χ3v) is 5.04. The van der Waals surface area contributed by atoms with Crippen molar-refractivity contribution >= 4 is 5.78 Å². The predicted molar refractivity (Wildman–Crippen MR) is 71.1 cm³/mol. The van der Waals surface area contributed by atoms with Crippen molar-refractivity contribution in [3.05, 3.63) is 0 Å². The van der Waals surface area contributed by atoms with Gasteiger partial charge in [0.15, 0.2) is 5.78 Å². The van der Waals surface area contributed by atoms with E-state index in [0.29, 0.717) is 11.7 Å². The fourth-order valence-electron chi connectivity index (χ4n) is 3.50. The van der Waals surface area contributed by atoms with Gasteiger partial charge in [-0.1, -0.05) is 32.6 Å². The quantitative estimate of drug-likeness (QED) is 0.730. The van der Waals surface area contributed by atoms with E-state index in [2.05, 4.69) is 18.7 Å². The Balaban J connectivity index is 1.97. The molecule has 2 aliphatic rings. The summed E-state index contributed by atoms with van der Waals surface area (Å²) < 4.78 is 0. The van der Waals surface area contributed by atoms with Gasteiger partial charge in [-0.25, -0.2) is 0 Å². The number of carbonyl (C=O) groups is 1. The summed E-state index contributed by atoms with van der Waals surface area (Å²) in [6.45, 7) is 6.60. The Morgan fingerprint density at radius 1 is 1.18 bits per heavy atom. The molecule has 2 nitrogen and oxygen atoms in total. The van der Waals surface area contributed by atoms with Crippen molar-refractivity contribution in [2.45, 2.75) is 70.8 Å². The van der Waals surface area contributed by atoms with Gasteiger partial charge in [0.05, 0.1) is 5.54 Å². The molecular formula is C15H27NO. The Morgan fingerprint density at radius 2 is 1.76 bits per heavy atom. The van der Waals surface area contributed by atoms with Crippen LogP contribution in [0.25, 0.3) is 0 Å². The minimum absolute atomic E-state index is 0.168. The first kappa shape index (κ1) is 13.1. The van der Waals surface area contributed by atoms with Crippen molar-refractivity contribution in [1.82, 2.24) is 4.90 Å². The van der Waals surface area contributed by atoms with Gasteiger partial charge in [0.25, 0.3) is 0 Å². The van der Waals surface area contributed by atoms with E-state index in [-0.39, 0.29) is 5.54 Å². The summed E-state index contributed by atoms with van der Waals surface area (Å²) in [5.41, 5.74) is -0.168. The molecule has 1 aliphatic heterocycles. The summed E-state index contributed by atoms with van der Waals surface area (Å²) in [7, 11) is 0. The van der Waals surface area contributed by atoms with E-state index in [1.807, 2.05) is 0 Å². The van der Waals surface area contributed by atoms with Crippen LogP contribution in [0.5, 0.6) is 0 Å². The molecule has 0 radical (unpaired) electrons. The molecule has 0 aromatic carbocycles. The van der Waals surface area contributed by atoms with Gasteiger partial charge in [-0.3, -0.25) is 9.69 Å². The Morgan fingerprint density at radius 3 is 2.29 bits per heavy atom. The molecule has 0 bridgehead atoms. The van der Waals surface area contributed by atoms with E-state index in [0.717, 1.165) is 25.9 Å². The number of likely N-dealkylation sites (tertiary alicyclic amines) is 1. The van der Waals surface area contributed by atoms with Crippen LogP contribution in [0, 0.1) is 5.92 Å². The highest BCUT2D eigenvalue weighted by atomic mass is 16.1. The number of nitrogens with zero attached hydrogens (tertiary/aromatic N) is 1. The highest BCUT2D eigenvalue weighted by molar-refractivity contribution is 5.88. The lowest BCUT2D eigenvalue weighted by Gasteiger charge is -2.37. The fraction of sp³-hybridized carbons (Fsp3) is 0.933. The minimum Gasteiger partial charge on any atom is -0.298 e. The number of hydrogen-bond acceptors (Lipinski definition) is 2. The lowest BCUT2D eigenvalue weighted by Crippen LogP contribution is -2.51. The molecule has 0 N–H and O–H groups in total. The van der Waals surface area contributed by atoms with Crippen LogP contribution in [0.15, 0.2) is 0 Å². The molecule has 2 fully saturated rings. The second-order valence-electron chi connectivity index (χ2n) is 6.10. The zero-order chi connectivity index (χ0) is 12.3. The van der Waals surface area contributed by atoms with E-state index >= 15 is 0 Å². The number of Topliss-reactive ketones (excluding diaryl/α,β-unsaturated/α-hetero) is 1. The Labute approximate surface area is 106 Å². The summed E-state index contributed by atoms with van der Waals surface area (Å²) >= 11 is 0. The van der Waals surface area contributed by atoms with Crippen LogP contribution in [0.1, 0.15) is 65.2 Å². The first-order chi connectivity index (χ1) is 8.16. The number of carbonyl (C=O) groups excluding carboxylic acids is 1. The maximum absolute atomic E-state index is 12.6. The van der Waals surface area contributed by atoms with Crippen molar-refractivity contribution < 1.29 is 4.79 Å². The van der Waals surface area contributed by atoms with Crippen molar-refractivity contribution in [2.24, 2.45) is 5.92 Å². The molecule has 1 unspecified atom stereocenters. The number of hydrogen-bond donors (Lipinski definition) is 0. The van der Waals surface area contributed by atoms with Crippen LogP contribution in [0.3, 0.4) is 0 Å². The van der Waals surface area contributed by atoms with Crippen molar-refractivity contribution in [3.63, 3.8) is 0 Å². The van der Waals surface area contributed by atoms with Crippen molar-refractivity contribution in [2.75, 3.05) is 13.1 Å². The first-order valence-corrected chi connectivity index (χ1v) is 7.45. The zero-order valence-corrected chi connectivity index (χ0v) is 11.5. The summed E-state index contributed by atoms with van der Waals surface area (Å²) in [6.07, 6.45) is 9.59. The lowest BCUT2D eigenvalue weighted by molar-refractivity contribution is -0.131. The fourth-order valence-corrected chi connectivity index (χ4v) is 3.50. The monoisotopic (exact) mass is 237 g/mol. The van der Waals surface area contributed by atoms with Gasteiger partial charge in [0.2, 0.25) is 0 Å². The summed E-state index contributed by atoms with van der Waals surface area (Å²) in [5.74, 6) is 1.20. The smallest absolute Gasteiger partial charge is 0.153 e. The van der Waals surface area contributed by atoms with Crippen LogP contribution in [0.4, 0.5) is 0 Å². The average molecular weight is 237 g/mol. The summed E-state index contributed by atoms with van der Waals surface area (Å²) in [4.78, 5) is 15.0. The molecule has 1 atom stereocenters. The number of ketones is 1. The molecule has 98 valence electrons. The lowest BCUT2D eigenvalue weighted by atomic mass is 9.85. The molecule has 0 amide bonds. The molecule has 0 spiro atoms. The largest absolute Gasteiger partial charge is 0.298 e. The standard InChI is InChI=1S/C15H27NO/c1-3-15(2,16-10-6-7-11-16)14(17)12-13-8-4-5-9-13/h13H,3-12H2,1-2H3. The maximum atomic E-state index is 12.6. The van der Waals surface area contributed by atoms with Crippen LogP contribution >= 0.6 is 0 Å². The number of rotatable bonds is 5. The summed E-state index contributed by atoms with van der Waals surface area (Å²) in [5, 5.41) is 0. The second kappa shape index (κ2) is 5.51. The first-order valence-electron chi connectivity index (χ1n) is 7.45. The van der Waals surface area contributed by atoms with Gasteiger partial charge in [0.1, 0.15) is 0 Å². The molecule has 2 rings (SSSR count). The van der Waals surface area contributed by atoms with E-state index in [1.165, 1.54) is 38.5 Å². The van der Waals surface area contributed by atoms with E-state index in [9.17, 15) is 4.79 Å². The normalized spacial score (nSPS) is 26.2. The van der Waals surface area contributed by atoms with E-state index in [1.54, 1.807) is 0 Å². The zero-order valence-electron chi connectivity index (χ0n) is 11.5. The molecule has 1 heterocycles. The third-order valence-electron chi connectivity index (χ3n) is 5.04. The van der Waals surface area contributed by atoms with Crippen molar-refractivity contribution in [1.29, 1.82) is 0 Å². The predicted octanol–water partition coefficient (Wildman–Crippen LogP) is 3.40. The van der Waals surface area contributed by atoms with Crippen LogP contribution in [-0.4, -0.2) is 29.3 Å². The molecule has 0 aromatic rings. The van der Waals surface area contributed by atoms with Gasteiger partial charge < -0.3 is 0 Å². The average Bonchev–Trinajstić information content (AvgIpc) is 3.00. The molecular weight excluding hydrogens is 210 g/mol. The third kappa shape index (κ3) is 2.73. The molecule has 2 heteroatoms. The molecule has 0 aromatic heterocycles. The molecule has 1 saturated carbocycles. The SMILES string of the molecule is CCC(C)(C(=O)CC1CCCC1)N1CCCC1. The Kier molecular flexibility index (Phi) is 4.24. The molecule has 1 saturated heterocycles. The van der Waals surface area contributed by atoms with Crippen LogP contribution < -0.4 is 0 Å². The van der Waals surface area contributed by atoms with Crippen LogP contribution in [-0.2, 0) is 4.79 Å². The van der Waals surface area contributed by atoms with E-state index < -0.39 is 0 Å². The van der Waals surface area contributed by atoms with Crippen molar-refractivity contribution in [3.8, 4) is 0 Å². The molecule has 1 aliphatic carbocycles. The second-order valence-corrected chi connectivity index (χ2v) is 6.10. The maximum Gasteiger partial charge on any atom is 0.153 e. The minimum atomic E-state index is -0.168. The highest BCUT2D eigenvalue weighted by Gasteiger charge is 2.39. The molecule has 17 heavy (non-hydrogen) atoms. The summed E-state index contributed by atoms with van der Waals surface area (Å²) in [6, 6.07) is 0. The van der Waals surface area contributed by atoms with Gasteiger partial charge >= 0.3 is 0 Å². The Bertz CT molecular complexity index is 264. The van der Waals surface area contributed by atoms with Gasteiger partial charge in [-0.15, -0.1) is 0 Å². The Hall–Kier alpha value is -0.370. The van der Waals surface area contributed by atoms with E-state index in [4.69, 9.17) is 0 Å². The van der Waals surface area contributed by atoms with Gasteiger partial charge in [0, 0.05) is 6.42 Å². The highest BCUT2D eigenvalue weighted by Crippen LogP contribution is 2.33.